The number of aryl methyl sites for hydroxylation is 2. The maximum atomic E-state index is 12.8. The number of H-pyrrole nitrogens is 1. The molecule has 0 spiro atoms. The number of hydrogen-bond donors (Lipinski definition) is 4. The molecular weight excluding hydrogens is 757 g/mol. The quantitative estimate of drug-likeness (QED) is 0.138. The molecule has 4 aromatic rings. The molecule has 2 aromatic carbocycles. The highest BCUT2D eigenvalue weighted by Gasteiger charge is 2.43. The summed E-state index contributed by atoms with van der Waals surface area (Å²) >= 11 is 0. The molecule has 0 radical (unpaired) electrons. The van der Waals surface area contributed by atoms with E-state index in [1.54, 1.807) is 13.1 Å². The van der Waals surface area contributed by atoms with Crippen molar-refractivity contribution in [2.24, 2.45) is 35.5 Å². The van der Waals surface area contributed by atoms with Crippen molar-refractivity contribution >= 4 is 57.2 Å². The number of anilines is 2. The Bertz CT molecular complexity index is 2180. The van der Waals surface area contributed by atoms with Crippen LogP contribution in [-0.2, 0) is 31.9 Å². The van der Waals surface area contributed by atoms with Crippen LogP contribution in [0.5, 0.6) is 0 Å². The molecule has 2 saturated heterocycles. The van der Waals surface area contributed by atoms with E-state index in [1.807, 2.05) is 58.7 Å². The van der Waals surface area contributed by atoms with Crippen LogP contribution in [0.15, 0.2) is 48.8 Å². The van der Waals surface area contributed by atoms with E-state index in [-0.39, 0.29) is 17.9 Å². The van der Waals surface area contributed by atoms with E-state index in [0.717, 1.165) is 84.9 Å². The van der Waals surface area contributed by atoms with E-state index in [2.05, 4.69) is 51.3 Å². The Kier molecular flexibility index (Phi) is 12.7. The molecule has 4 heterocycles. The smallest absolute Gasteiger partial charge is 0.419 e. The van der Waals surface area contributed by atoms with Crippen LogP contribution in [0.3, 0.4) is 0 Å². The molecule has 12 heteroatoms. The van der Waals surface area contributed by atoms with Crippen LogP contribution in [0.1, 0.15) is 105 Å². The van der Waals surface area contributed by atoms with Gasteiger partial charge < -0.3 is 35.3 Å². The van der Waals surface area contributed by atoms with Crippen molar-refractivity contribution in [3.63, 3.8) is 0 Å². The summed E-state index contributed by atoms with van der Waals surface area (Å²) in [6.07, 6.45) is 12.4. The van der Waals surface area contributed by atoms with Gasteiger partial charge in [-0.05, 0) is 177 Å². The van der Waals surface area contributed by atoms with Crippen LogP contribution < -0.4 is 16.0 Å². The van der Waals surface area contributed by atoms with Crippen LogP contribution in [0.2, 0.25) is 0 Å². The zero-order chi connectivity index (χ0) is 42.9. The first-order valence-corrected chi connectivity index (χ1v) is 22.1. The van der Waals surface area contributed by atoms with Crippen LogP contribution >= 0.6 is 0 Å². The molecule has 6 atom stereocenters. The lowest BCUT2D eigenvalue weighted by molar-refractivity contribution is -0.115. The molecule has 2 saturated carbocycles. The summed E-state index contributed by atoms with van der Waals surface area (Å²) < 4.78 is 12.6. The normalized spacial score (nSPS) is 23.6. The molecule has 12 nitrogen and oxygen atoms in total. The van der Waals surface area contributed by atoms with Gasteiger partial charge in [0.15, 0.2) is 0 Å². The molecule has 60 heavy (non-hydrogen) atoms. The van der Waals surface area contributed by atoms with Crippen molar-refractivity contribution in [3.05, 3.63) is 59.9 Å². The first-order chi connectivity index (χ1) is 28.4. The lowest BCUT2D eigenvalue weighted by atomic mass is 9.96. The number of nitrogens with one attached hydrogen (secondary N) is 4. The van der Waals surface area contributed by atoms with Gasteiger partial charge >= 0.3 is 12.2 Å². The highest BCUT2D eigenvalue weighted by Crippen LogP contribution is 2.44. The number of aromatic nitrogens is 2. The number of hydrogen-bond acceptors (Lipinski definition) is 7. The van der Waals surface area contributed by atoms with E-state index in [4.69, 9.17) is 9.47 Å². The summed E-state index contributed by atoms with van der Waals surface area (Å²) in [6, 6.07) is 12.6. The summed E-state index contributed by atoms with van der Waals surface area (Å²) in [5.41, 5.74) is 4.74. The Balaban J connectivity index is 0.000000201. The Morgan fingerprint density at radius 3 is 1.77 bits per heavy atom. The highest BCUT2D eigenvalue weighted by atomic mass is 16.6. The fourth-order valence-corrected chi connectivity index (χ4v) is 10.2. The van der Waals surface area contributed by atoms with Crippen LogP contribution in [-0.4, -0.2) is 75.8 Å². The third kappa shape index (κ3) is 10.7. The SMILES string of the molecule is CC(=O)Nc1c[nH]c2ccc(CCC3C[C@H]4CNC[C@H]4C3)cc12.CC(=O)Nc1cn(C(=O)OC(C)(C)C)c2ccc(CCC3C[C@@H]4CN(C(=O)OC(C)(C)C)C[C@@H]4C3)cc12. The monoisotopic (exact) mass is 823 g/mol. The number of carbonyl (C=O) groups is 4. The van der Waals surface area contributed by atoms with E-state index in [0.29, 0.717) is 29.0 Å². The maximum Gasteiger partial charge on any atom is 0.419 e. The summed E-state index contributed by atoms with van der Waals surface area (Å²) in [5.74, 6) is 4.27. The molecule has 0 bridgehead atoms. The number of ether oxygens (including phenoxy) is 2. The van der Waals surface area contributed by atoms with Crippen molar-refractivity contribution in [3.8, 4) is 0 Å². The molecule has 324 valence electrons. The van der Waals surface area contributed by atoms with Gasteiger partial charge in [-0.25, -0.2) is 9.59 Å². The van der Waals surface area contributed by atoms with Crippen LogP contribution in [0.4, 0.5) is 21.0 Å². The lowest BCUT2D eigenvalue weighted by Crippen LogP contribution is -2.36. The van der Waals surface area contributed by atoms with Crippen molar-refractivity contribution in [2.45, 2.75) is 118 Å². The van der Waals surface area contributed by atoms with Gasteiger partial charge in [-0.3, -0.25) is 14.2 Å². The number of rotatable bonds is 8. The molecule has 4 aliphatic rings. The van der Waals surface area contributed by atoms with E-state index in [1.165, 1.54) is 55.0 Å². The maximum absolute atomic E-state index is 12.8. The second-order valence-corrected chi connectivity index (χ2v) is 20.0. The summed E-state index contributed by atoms with van der Waals surface area (Å²) in [6.45, 7) is 18.3. The van der Waals surface area contributed by atoms with E-state index >= 15 is 0 Å². The Labute approximate surface area is 354 Å². The third-order valence-electron chi connectivity index (χ3n) is 12.8. The lowest BCUT2D eigenvalue weighted by Gasteiger charge is -2.25. The molecule has 2 aliphatic heterocycles. The Morgan fingerprint density at radius 2 is 1.20 bits per heavy atom. The fourth-order valence-electron chi connectivity index (χ4n) is 10.2. The minimum atomic E-state index is -0.620. The van der Waals surface area contributed by atoms with E-state index in [9.17, 15) is 19.2 Å². The van der Waals surface area contributed by atoms with Gasteiger partial charge in [-0.1, -0.05) is 12.1 Å². The zero-order valence-corrected chi connectivity index (χ0v) is 36.9. The predicted molar refractivity (Wildman–Crippen MR) is 237 cm³/mol. The molecular formula is C48H66N6O6. The number of benzene rings is 2. The molecule has 3 amide bonds. The molecule has 2 aliphatic carbocycles. The van der Waals surface area contributed by atoms with Gasteiger partial charge in [-0.2, -0.15) is 0 Å². The molecule has 4 fully saturated rings. The number of nitrogens with zero attached hydrogens (tertiary/aromatic N) is 2. The van der Waals surface area contributed by atoms with Gasteiger partial charge in [-0.15, -0.1) is 0 Å². The summed E-state index contributed by atoms with van der Waals surface area (Å²) in [7, 11) is 0. The van der Waals surface area contributed by atoms with Crippen molar-refractivity contribution in [2.75, 3.05) is 36.8 Å². The number of amides is 3. The minimum Gasteiger partial charge on any atom is -0.444 e. The van der Waals surface area contributed by atoms with Crippen molar-refractivity contribution < 1.29 is 28.7 Å². The average Bonchev–Trinajstić information content (AvgIpc) is 4.00. The first-order valence-electron chi connectivity index (χ1n) is 22.1. The number of likely N-dealkylation sites (tertiary alicyclic amines) is 1. The van der Waals surface area contributed by atoms with Gasteiger partial charge in [0.05, 0.1) is 16.9 Å². The highest BCUT2D eigenvalue weighted by molar-refractivity contribution is 6.04. The van der Waals surface area contributed by atoms with Gasteiger partial charge in [0.1, 0.15) is 11.2 Å². The average molecular weight is 823 g/mol. The van der Waals surface area contributed by atoms with Gasteiger partial charge in [0.2, 0.25) is 11.8 Å². The van der Waals surface area contributed by atoms with E-state index < -0.39 is 17.3 Å². The largest absolute Gasteiger partial charge is 0.444 e. The first kappa shape index (κ1) is 43.3. The second-order valence-electron chi connectivity index (χ2n) is 20.0. The zero-order valence-electron chi connectivity index (χ0n) is 36.9. The Hall–Kier alpha value is -4.84. The number of fused-ring (bicyclic) bond motifs is 4. The number of aromatic amines is 1. The minimum absolute atomic E-state index is 0.0255. The molecule has 2 aromatic heterocycles. The van der Waals surface area contributed by atoms with Crippen LogP contribution in [0, 0.1) is 35.5 Å². The Morgan fingerprint density at radius 1 is 0.683 bits per heavy atom. The fraction of sp³-hybridized carbons (Fsp3) is 0.583. The summed E-state index contributed by atoms with van der Waals surface area (Å²) in [5, 5.41) is 11.2. The van der Waals surface area contributed by atoms with Crippen molar-refractivity contribution in [1.82, 2.24) is 19.8 Å². The molecule has 8 rings (SSSR count). The summed E-state index contributed by atoms with van der Waals surface area (Å²) in [4.78, 5) is 53.4. The van der Waals surface area contributed by atoms with Crippen LogP contribution in [0.25, 0.3) is 21.8 Å². The topological polar surface area (TPSA) is 147 Å². The molecule has 2 unspecified atom stereocenters. The van der Waals surface area contributed by atoms with Crippen molar-refractivity contribution in [1.29, 1.82) is 0 Å². The standard InChI is InChI=1S/C29H41N3O5.C19H25N3O/c1-18(33)30-24-17-32(27(35)37-29(5,6)7)25-11-10-19(14-23(24)25)8-9-20-12-21-15-31(16-22(21)13-20)26(34)36-28(2,3)4;1-12(23)22-19-11-21-18-5-4-13(8-17(18)19)2-3-14-6-15-9-20-10-16(15)7-14/h10-11,14,17,20-22H,8-9,12-13,15-16H2,1-7H3,(H,30,33);4-5,8,11,14-16,20-21H,2-3,6-7,9-10H2,1H3,(H,22,23)/t20?,21-,22+;14?,15-,16+. The predicted octanol–water partition coefficient (Wildman–Crippen LogP) is 9.51. The third-order valence-corrected chi connectivity index (χ3v) is 12.8. The van der Waals surface area contributed by atoms with Gasteiger partial charge in [0.25, 0.3) is 0 Å². The van der Waals surface area contributed by atoms with Gasteiger partial charge in [0, 0.05) is 55.6 Å². The number of carbonyl (C=O) groups excluding carboxylic acids is 4. The second kappa shape index (κ2) is 17.6. The molecule has 4 N–H and O–H groups in total.